The Bertz CT molecular complexity index is 998. The third kappa shape index (κ3) is 4.59. The van der Waals surface area contributed by atoms with Crippen molar-refractivity contribution in [3.8, 4) is 17.2 Å². The highest BCUT2D eigenvalue weighted by molar-refractivity contribution is 9.09. The molecule has 3 aromatic rings. The molecule has 1 aromatic carbocycles. The van der Waals surface area contributed by atoms with Crippen molar-refractivity contribution in [2.45, 2.75) is 19.1 Å². The van der Waals surface area contributed by atoms with Crippen LogP contribution in [0.2, 0.25) is 0 Å². The second-order valence-electron chi connectivity index (χ2n) is 6.63. The Morgan fingerprint density at radius 3 is 2.73 bits per heavy atom. The van der Waals surface area contributed by atoms with Gasteiger partial charge in [0.15, 0.2) is 5.76 Å². The highest BCUT2D eigenvalue weighted by atomic mass is 79.9. The van der Waals surface area contributed by atoms with Crippen molar-refractivity contribution in [1.29, 1.82) is 0 Å². The number of rotatable bonds is 6. The minimum absolute atomic E-state index is 0.0413. The van der Waals surface area contributed by atoms with Gasteiger partial charge >= 0.3 is 6.18 Å². The van der Waals surface area contributed by atoms with Crippen molar-refractivity contribution < 1.29 is 22.3 Å². The number of aromatic nitrogens is 2. The lowest BCUT2D eigenvalue weighted by molar-refractivity contribution is -0.137. The van der Waals surface area contributed by atoms with Gasteiger partial charge in [-0.05, 0) is 30.3 Å². The van der Waals surface area contributed by atoms with Crippen LogP contribution in [0.15, 0.2) is 40.9 Å². The van der Waals surface area contributed by atoms with Gasteiger partial charge in [0, 0.05) is 42.3 Å². The summed E-state index contributed by atoms with van der Waals surface area (Å²) in [4.78, 5) is 7.97. The fourth-order valence-electron chi connectivity index (χ4n) is 3.13. The predicted octanol–water partition coefficient (Wildman–Crippen LogP) is 4.92. The molecule has 0 fully saturated rings. The standard InChI is InChI=1S/C20H18BrF3N4O2/c21-6-8-29-14-3-1-13(2-4-14)27-19-26-11-15(20(22,23)24)18(28-19)17-9-12-10-25-7-5-16(12)30-17/h1-4,9,11,25H,5-8,10H2,(H,26,27,28). The van der Waals surface area contributed by atoms with Crippen LogP contribution in [0.1, 0.15) is 16.9 Å². The van der Waals surface area contributed by atoms with Crippen molar-refractivity contribution in [1.82, 2.24) is 15.3 Å². The van der Waals surface area contributed by atoms with E-state index in [2.05, 4.69) is 36.5 Å². The van der Waals surface area contributed by atoms with Gasteiger partial charge in [-0.25, -0.2) is 9.97 Å². The van der Waals surface area contributed by atoms with E-state index in [0.717, 1.165) is 18.3 Å². The number of benzene rings is 1. The first-order valence-electron chi connectivity index (χ1n) is 9.27. The number of nitrogens with zero attached hydrogens (tertiary/aromatic N) is 2. The highest BCUT2D eigenvalue weighted by Gasteiger charge is 2.36. The average Bonchev–Trinajstić information content (AvgIpc) is 3.17. The Morgan fingerprint density at radius 2 is 2.03 bits per heavy atom. The quantitative estimate of drug-likeness (QED) is 0.486. The monoisotopic (exact) mass is 482 g/mol. The van der Waals surface area contributed by atoms with Crippen LogP contribution >= 0.6 is 15.9 Å². The molecule has 1 aliphatic rings. The molecule has 4 rings (SSSR count). The van der Waals surface area contributed by atoms with Crippen molar-refractivity contribution >= 4 is 27.6 Å². The molecule has 0 atom stereocenters. The van der Waals surface area contributed by atoms with E-state index >= 15 is 0 Å². The first-order valence-corrected chi connectivity index (χ1v) is 10.4. The van der Waals surface area contributed by atoms with Crippen LogP contribution in [0.25, 0.3) is 11.5 Å². The van der Waals surface area contributed by atoms with Crippen molar-refractivity contribution in [3.05, 3.63) is 53.4 Å². The maximum absolute atomic E-state index is 13.6. The number of hydrogen-bond acceptors (Lipinski definition) is 6. The van der Waals surface area contributed by atoms with Crippen LogP contribution in [0.4, 0.5) is 24.8 Å². The summed E-state index contributed by atoms with van der Waals surface area (Å²) in [5.74, 6) is 1.49. The van der Waals surface area contributed by atoms with Gasteiger partial charge in [0.2, 0.25) is 5.95 Å². The molecule has 158 valence electrons. The molecule has 1 aliphatic heterocycles. The summed E-state index contributed by atoms with van der Waals surface area (Å²) in [6.07, 6.45) is -3.21. The summed E-state index contributed by atoms with van der Waals surface area (Å²) in [7, 11) is 0. The molecule has 0 saturated carbocycles. The minimum atomic E-state index is -4.60. The molecule has 0 spiro atoms. The molecule has 30 heavy (non-hydrogen) atoms. The zero-order valence-electron chi connectivity index (χ0n) is 15.7. The lowest BCUT2D eigenvalue weighted by atomic mass is 10.1. The number of anilines is 2. The van der Waals surface area contributed by atoms with Crippen LogP contribution < -0.4 is 15.4 Å². The highest BCUT2D eigenvalue weighted by Crippen LogP contribution is 2.38. The molecule has 0 radical (unpaired) electrons. The van der Waals surface area contributed by atoms with Crippen molar-refractivity contribution in [3.63, 3.8) is 0 Å². The Hall–Kier alpha value is -2.59. The van der Waals surface area contributed by atoms with E-state index in [9.17, 15) is 13.2 Å². The normalized spacial score (nSPS) is 13.7. The number of fused-ring (bicyclic) bond motifs is 1. The van der Waals surface area contributed by atoms with Gasteiger partial charge in [-0.1, -0.05) is 15.9 Å². The summed E-state index contributed by atoms with van der Waals surface area (Å²) in [5.41, 5.74) is 0.240. The van der Waals surface area contributed by atoms with Crippen molar-refractivity contribution in [2.24, 2.45) is 0 Å². The lowest BCUT2D eigenvalue weighted by Crippen LogP contribution is -2.22. The number of ether oxygens (including phenoxy) is 1. The van der Waals surface area contributed by atoms with E-state index in [4.69, 9.17) is 9.15 Å². The van der Waals surface area contributed by atoms with Gasteiger partial charge in [0.1, 0.15) is 22.8 Å². The fourth-order valence-corrected chi connectivity index (χ4v) is 3.29. The summed E-state index contributed by atoms with van der Waals surface area (Å²) in [6.45, 7) is 1.80. The van der Waals surface area contributed by atoms with E-state index in [-0.39, 0.29) is 17.4 Å². The fraction of sp³-hybridized carbons (Fsp3) is 0.300. The second-order valence-corrected chi connectivity index (χ2v) is 7.42. The zero-order valence-corrected chi connectivity index (χ0v) is 17.3. The second kappa shape index (κ2) is 8.65. The van der Waals surface area contributed by atoms with Gasteiger partial charge in [-0.15, -0.1) is 0 Å². The summed E-state index contributed by atoms with van der Waals surface area (Å²) >= 11 is 3.28. The first-order chi connectivity index (χ1) is 14.4. The van der Waals surface area contributed by atoms with Crippen molar-refractivity contribution in [2.75, 3.05) is 23.8 Å². The summed E-state index contributed by atoms with van der Waals surface area (Å²) < 4.78 is 51.8. The van der Waals surface area contributed by atoms with Crippen LogP contribution in [-0.2, 0) is 19.1 Å². The molecule has 0 amide bonds. The maximum atomic E-state index is 13.6. The van der Waals surface area contributed by atoms with Crippen LogP contribution in [-0.4, -0.2) is 28.4 Å². The molecular formula is C20H18BrF3N4O2. The number of furan rings is 1. The molecule has 0 unspecified atom stereocenters. The van der Waals surface area contributed by atoms with Crippen LogP contribution in [0.5, 0.6) is 5.75 Å². The Morgan fingerprint density at radius 1 is 1.23 bits per heavy atom. The van der Waals surface area contributed by atoms with Gasteiger partial charge < -0.3 is 19.8 Å². The lowest BCUT2D eigenvalue weighted by Gasteiger charge is -2.12. The van der Waals surface area contributed by atoms with E-state index in [0.29, 0.717) is 42.1 Å². The van der Waals surface area contributed by atoms with E-state index in [1.807, 2.05) is 0 Å². The minimum Gasteiger partial charge on any atom is -0.493 e. The number of alkyl halides is 4. The Balaban J connectivity index is 1.64. The number of nitrogens with one attached hydrogen (secondary N) is 2. The summed E-state index contributed by atoms with van der Waals surface area (Å²) in [5, 5.41) is 6.81. The third-order valence-electron chi connectivity index (χ3n) is 4.52. The zero-order chi connectivity index (χ0) is 21.1. The number of hydrogen-bond donors (Lipinski definition) is 2. The molecule has 2 aromatic heterocycles. The molecule has 6 nitrogen and oxygen atoms in total. The Labute approximate surface area is 179 Å². The average molecular weight is 483 g/mol. The maximum Gasteiger partial charge on any atom is 0.420 e. The smallest absolute Gasteiger partial charge is 0.420 e. The van der Waals surface area contributed by atoms with Crippen LogP contribution in [0, 0.1) is 0 Å². The molecule has 10 heteroatoms. The SMILES string of the molecule is FC(F)(F)c1cnc(Nc2ccc(OCCBr)cc2)nc1-c1cc2c(o1)CCNC2. The van der Waals surface area contributed by atoms with Gasteiger partial charge in [0.25, 0.3) is 0 Å². The molecule has 0 aliphatic carbocycles. The number of halogens is 4. The van der Waals surface area contributed by atoms with Crippen LogP contribution in [0.3, 0.4) is 0 Å². The van der Waals surface area contributed by atoms with E-state index < -0.39 is 11.7 Å². The van der Waals surface area contributed by atoms with E-state index in [1.165, 1.54) is 0 Å². The van der Waals surface area contributed by atoms with Gasteiger partial charge in [-0.3, -0.25) is 0 Å². The van der Waals surface area contributed by atoms with E-state index in [1.54, 1.807) is 30.3 Å². The molecule has 2 N–H and O–H groups in total. The summed E-state index contributed by atoms with van der Waals surface area (Å²) in [6, 6.07) is 8.59. The molecular weight excluding hydrogens is 465 g/mol. The Kier molecular flexibility index (Phi) is 5.96. The van der Waals surface area contributed by atoms with Gasteiger partial charge in [0.05, 0.1) is 6.61 Å². The first kappa shape index (κ1) is 20.7. The molecule has 0 saturated heterocycles. The predicted molar refractivity (Wildman–Crippen MR) is 109 cm³/mol. The molecule has 0 bridgehead atoms. The topological polar surface area (TPSA) is 72.2 Å². The van der Waals surface area contributed by atoms with Gasteiger partial charge in [-0.2, -0.15) is 13.2 Å². The third-order valence-corrected chi connectivity index (χ3v) is 4.85. The largest absolute Gasteiger partial charge is 0.493 e. The molecule has 3 heterocycles.